The molecule has 0 aromatic heterocycles. The Hall–Kier alpha value is -1.73. The summed E-state index contributed by atoms with van der Waals surface area (Å²) in [6, 6.07) is 7.74. The van der Waals surface area contributed by atoms with Crippen LogP contribution in [0, 0.1) is 11.3 Å². The molecule has 0 aliphatic carbocycles. The molecule has 1 atom stereocenters. The van der Waals surface area contributed by atoms with Crippen LogP contribution in [0.25, 0.3) is 0 Å². The highest BCUT2D eigenvalue weighted by Crippen LogP contribution is 2.22. The van der Waals surface area contributed by atoms with Gasteiger partial charge in [0.25, 0.3) is 0 Å². The summed E-state index contributed by atoms with van der Waals surface area (Å²) < 4.78 is 5.60. The minimum atomic E-state index is 0.223. The van der Waals surface area contributed by atoms with Gasteiger partial charge in [-0.15, -0.1) is 0 Å². The number of hydrogen-bond donors (Lipinski definition) is 1. The van der Waals surface area contributed by atoms with Gasteiger partial charge in [-0.1, -0.05) is 0 Å². The smallest absolute Gasteiger partial charge is 0.101 e. The number of nitrogen functional groups attached to an aromatic ring is 1. The van der Waals surface area contributed by atoms with Crippen molar-refractivity contribution in [2.75, 3.05) is 30.3 Å². The number of nitriles is 1. The average Bonchev–Trinajstić information content (AvgIpc) is 2.54. The lowest BCUT2D eigenvalue weighted by molar-refractivity contribution is 0.0821. The van der Waals surface area contributed by atoms with Crippen LogP contribution in [0.5, 0.6) is 0 Å². The molecule has 0 radical (unpaired) electrons. The molecule has 1 aliphatic rings. The highest BCUT2D eigenvalue weighted by atomic mass is 16.5. The lowest BCUT2D eigenvalue weighted by Crippen LogP contribution is -2.30. The molecule has 1 aliphatic heterocycles. The van der Waals surface area contributed by atoms with E-state index in [0.29, 0.717) is 11.3 Å². The molecule has 1 unspecified atom stereocenters. The standard InChI is InChI=1S/C13H17N3O/c1-10-9-16(5-2-6-17-10)12-3-4-13(15)11(7-12)8-14/h3-4,7,10H,2,5-6,9,15H2,1H3. The van der Waals surface area contributed by atoms with E-state index in [9.17, 15) is 0 Å². The fraction of sp³-hybridized carbons (Fsp3) is 0.462. The normalized spacial score (nSPS) is 20.7. The fourth-order valence-corrected chi connectivity index (χ4v) is 2.07. The van der Waals surface area contributed by atoms with Gasteiger partial charge in [0, 0.05) is 31.1 Å². The lowest BCUT2D eigenvalue weighted by Gasteiger charge is -2.24. The van der Waals surface area contributed by atoms with Crippen LogP contribution in [0.1, 0.15) is 18.9 Å². The summed E-state index contributed by atoms with van der Waals surface area (Å²) in [5.74, 6) is 0. The fourth-order valence-electron chi connectivity index (χ4n) is 2.07. The molecule has 90 valence electrons. The van der Waals surface area contributed by atoms with Gasteiger partial charge in [0.05, 0.1) is 11.7 Å². The maximum Gasteiger partial charge on any atom is 0.101 e. The Bertz CT molecular complexity index is 439. The predicted molar refractivity (Wildman–Crippen MR) is 67.8 cm³/mol. The van der Waals surface area contributed by atoms with Crippen molar-refractivity contribution in [3.8, 4) is 6.07 Å². The van der Waals surface area contributed by atoms with Crippen LogP contribution in [0.4, 0.5) is 11.4 Å². The molecule has 0 saturated carbocycles. The first-order valence-electron chi connectivity index (χ1n) is 5.87. The van der Waals surface area contributed by atoms with Crippen molar-refractivity contribution < 1.29 is 4.74 Å². The van der Waals surface area contributed by atoms with Crippen LogP contribution in [0.15, 0.2) is 18.2 Å². The summed E-state index contributed by atoms with van der Waals surface area (Å²) in [5.41, 5.74) is 7.85. The summed E-state index contributed by atoms with van der Waals surface area (Å²) in [5, 5.41) is 8.98. The van der Waals surface area contributed by atoms with E-state index in [4.69, 9.17) is 15.7 Å². The van der Waals surface area contributed by atoms with Crippen molar-refractivity contribution in [1.82, 2.24) is 0 Å². The van der Waals surface area contributed by atoms with E-state index in [1.807, 2.05) is 12.1 Å². The second-order valence-electron chi connectivity index (χ2n) is 4.36. The van der Waals surface area contributed by atoms with Gasteiger partial charge in [-0.2, -0.15) is 5.26 Å². The molecule has 1 aromatic carbocycles. The van der Waals surface area contributed by atoms with Gasteiger partial charge < -0.3 is 15.4 Å². The number of anilines is 2. The van der Waals surface area contributed by atoms with Crippen molar-refractivity contribution in [1.29, 1.82) is 5.26 Å². The maximum atomic E-state index is 8.98. The van der Waals surface area contributed by atoms with E-state index in [-0.39, 0.29) is 6.10 Å². The molecule has 4 heteroatoms. The predicted octanol–water partition coefficient (Wildman–Crippen LogP) is 1.76. The second kappa shape index (κ2) is 5.07. The zero-order chi connectivity index (χ0) is 12.3. The summed E-state index contributed by atoms with van der Waals surface area (Å²) in [6.07, 6.45) is 1.23. The zero-order valence-electron chi connectivity index (χ0n) is 10.0. The second-order valence-corrected chi connectivity index (χ2v) is 4.36. The van der Waals surface area contributed by atoms with Crippen LogP contribution in [0.3, 0.4) is 0 Å². The Kier molecular flexibility index (Phi) is 3.50. The van der Waals surface area contributed by atoms with Gasteiger partial charge in [0.2, 0.25) is 0 Å². The van der Waals surface area contributed by atoms with Gasteiger partial charge in [0.15, 0.2) is 0 Å². The van der Waals surface area contributed by atoms with E-state index in [2.05, 4.69) is 17.9 Å². The Morgan fingerprint density at radius 2 is 2.35 bits per heavy atom. The molecule has 0 bridgehead atoms. The Morgan fingerprint density at radius 1 is 1.53 bits per heavy atom. The molecule has 1 aromatic rings. The van der Waals surface area contributed by atoms with Gasteiger partial charge in [-0.3, -0.25) is 0 Å². The van der Waals surface area contributed by atoms with Crippen molar-refractivity contribution in [2.24, 2.45) is 0 Å². The van der Waals surface area contributed by atoms with Crippen molar-refractivity contribution >= 4 is 11.4 Å². The van der Waals surface area contributed by atoms with Gasteiger partial charge in [-0.05, 0) is 31.5 Å². The molecule has 17 heavy (non-hydrogen) atoms. The summed E-state index contributed by atoms with van der Waals surface area (Å²) >= 11 is 0. The summed E-state index contributed by atoms with van der Waals surface area (Å²) in [4.78, 5) is 2.25. The van der Waals surface area contributed by atoms with E-state index < -0.39 is 0 Å². The maximum absolute atomic E-state index is 8.98. The highest BCUT2D eigenvalue weighted by molar-refractivity contribution is 5.62. The first-order valence-corrected chi connectivity index (χ1v) is 5.87. The van der Waals surface area contributed by atoms with E-state index in [1.165, 1.54) is 0 Å². The van der Waals surface area contributed by atoms with E-state index in [1.54, 1.807) is 6.07 Å². The number of hydrogen-bond acceptors (Lipinski definition) is 4. The van der Waals surface area contributed by atoms with Crippen LogP contribution in [-0.4, -0.2) is 25.8 Å². The number of benzene rings is 1. The lowest BCUT2D eigenvalue weighted by atomic mass is 10.1. The van der Waals surface area contributed by atoms with Crippen LogP contribution >= 0.6 is 0 Å². The molecule has 2 N–H and O–H groups in total. The molecular weight excluding hydrogens is 214 g/mol. The van der Waals surface area contributed by atoms with Crippen LogP contribution in [-0.2, 0) is 4.74 Å². The minimum absolute atomic E-state index is 0.223. The Morgan fingerprint density at radius 3 is 3.12 bits per heavy atom. The first kappa shape index (κ1) is 11.7. The molecule has 0 spiro atoms. The molecule has 1 fully saturated rings. The van der Waals surface area contributed by atoms with E-state index in [0.717, 1.165) is 31.8 Å². The largest absolute Gasteiger partial charge is 0.398 e. The number of nitrogens with zero attached hydrogens (tertiary/aromatic N) is 2. The van der Waals surface area contributed by atoms with Crippen LogP contribution in [0.2, 0.25) is 0 Å². The van der Waals surface area contributed by atoms with Crippen LogP contribution < -0.4 is 10.6 Å². The number of rotatable bonds is 1. The molecule has 0 amide bonds. The quantitative estimate of drug-likeness (QED) is 0.748. The number of ether oxygens (including phenoxy) is 1. The first-order chi connectivity index (χ1) is 8.20. The van der Waals surface area contributed by atoms with Crippen molar-refractivity contribution in [3.63, 3.8) is 0 Å². The SMILES string of the molecule is CC1CN(c2ccc(N)c(C#N)c2)CCCO1. The summed E-state index contributed by atoms with van der Waals surface area (Å²) in [7, 11) is 0. The topological polar surface area (TPSA) is 62.3 Å². The van der Waals surface area contributed by atoms with E-state index >= 15 is 0 Å². The third kappa shape index (κ3) is 2.69. The van der Waals surface area contributed by atoms with Crippen molar-refractivity contribution in [3.05, 3.63) is 23.8 Å². The number of nitrogens with two attached hydrogens (primary N) is 1. The summed E-state index contributed by atoms with van der Waals surface area (Å²) in [6.45, 7) is 4.69. The molecular formula is C13H17N3O. The van der Waals surface area contributed by atoms with Crippen molar-refractivity contribution in [2.45, 2.75) is 19.4 Å². The zero-order valence-corrected chi connectivity index (χ0v) is 10.0. The van der Waals surface area contributed by atoms with Gasteiger partial charge in [-0.25, -0.2) is 0 Å². The van der Waals surface area contributed by atoms with Gasteiger partial charge in [0.1, 0.15) is 6.07 Å². The molecule has 4 nitrogen and oxygen atoms in total. The van der Waals surface area contributed by atoms with Gasteiger partial charge >= 0.3 is 0 Å². The molecule has 1 heterocycles. The third-order valence-corrected chi connectivity index (χ3v) is 2.97. The monoisotopic (exact) mass is 231 g/mol. The Balaban J connectivity index is 2.24. The molecule has 1 saturated heterocycles. The highest BCUT2D eigenvalue weighted by Gasteiger charge is 2.16. The average molecular weight is 231 g/mol. The molecule has 2 rings (SSSR count). The Labute approximate surface area is 102 Å². The third-order valence-electron chi connectivity index (χ3n) is 2.97. The minimum Gasteiger partial charge on any atom is -0.398 e.